The van der Waals surface area contributed by atoms with E-state index in [1.54, 1.807) is 22.7 Å². The van der Waals surface area contributed by atoms with Crippen molar-refractivity contribution in [2.75, 3.05) is 5.73 Å². The summed E-state index contributed by atoms with van der Waals surface area (Å²) in [5, 5.41) is 7.94. The van der Waals surface area contributed by atoms with Crippen molar-refractivity contribution in [1.29, 1.82) is 0 Å². The maximum absolute atomic E-state index is 5.88. The van der Waals surface area contributed by atoms with Gasteiger partial charge < -0.3 is 10.3 Å². The fourth-order valence-electron chi connectivity index (χ4n) is 1.59. The predicted octanol–water partition coefficient (Wildman–Crippen LogP) is 4.32. The molecule has 0 bridgehead atoms. The summed E-state index contributed by atoms with van der Waals surface area (Å²) < 4.78 is 6.57. The first-order valence-electron chi connectivity index (χ1n) is 4.79. The SMILES string of the molecule is Nc1noc(-c2csc(I)c2)c1-c1cccs1. The van der Waals surface area contributed by atoms with Crippen molar-refractivity contribution >= 4 is 51.1 Å². The number of anilines is 1. The summed E-state index contributed by atoms with van der Waals surface area (Å²) in [5.74, 6) is 1.20. The maximum Gasteiger partial charge on any atom is 0.178 e. The van der Waals surface area contributed by atoms with E-state index in [1.807, 2.05) is 17.5 Å². The Labute approximate surface area is 119 Å². The van der Waals surface area contributed by atoms with Gasteiger partial charge in [-0.15, -0.1) is 22.7 Å². The minimum absolute atomic E-state index is 0.448. The molecule has 0 spiro atoms. The highest BCUT2D eigenvalue weighted by Gasteiger charge is 2.19. The number of nitrogens with two attached hydrogens (primary N) is 1. The quantitative estimate of drug-likeness (QED) is 0.680. The predicted molar refractivity (Wildman–Crippen MR) is 80.3 cm³/mol. The number of halogens is 1. The van der Waals surface area contributed by atoms with Crippen molar-refractivity contribution in [2.24, 2.45) is 0 Å². The van der Waals surface area contributed by atoms with Crippen LogP contribution in [-0.4, -0.2) is 5.16 Å². The summed E-state index contributed by atoms with van der Waals surface area (Å²) in [6.07, 6.45) is 0. The number of aromatic nitrogens is 1. The molecule has 3 aromatic heterocycles. The number of rotatable bonds is 2. The van der Waals surface area contributed by atoms with Gasteiger partial charge in [-0.25, -0.2) is 0 Å². The van der Waals surface area contributed by atoms with Gasteiger partial charge in [0.1, 0.15) is 0 Å². The minimum atomic E-state index is 0.448. The van der Waals surface area contributed by atoms with Crippen molar-refractivity contribution in [2.45, 2.75) is 0 Å². The van der Waals surface area contributed by atoms with E-state index in [4.69, 9.17) is 10.3 Å². The zero-order chi connectivity index (χ0) is 11.8. The second-order valence-corrected chi connectivity index (χ2v) is 7.14. The van der Waals surface area contributed by atoms with Gasteiger partial charge in [0.2, 0.25) is 0 Å². The molecule has 0 aromatic carbocycles. The average molecular weight is 374 g/mol. The molecule has 6 heteroatoms. The summed E-state index contributed by atoms with van der Waals surface area (Å²) in [6.45, 7) is 0. The van der Waals surface area contributed by atoms with Gasteiger partial charge in [-0.1, -0.05) is 11.2 Å². The normalized spacial score (nSPS) is 10.9. The third-order valence-electron chi connectivity index (χ3n) is 2.32. The second kappa shape index (κ2) is 4.43. The van der Waals surface area contributed by atoms with Gasteiger partial charge in [0.25, 0.3) is 0 Å². The second-order valence-electron chi connectivity index (χ2n) is 3.39. The topological polar surface area (TPSA) is 52.0 Å². The molecule has 0 atom stereocenters. The maximum atomic E-state index is 5.88. The summed E-state index contributed by atoms with van der Waals surface area (Å²) in [5.41, 5.74) is 7.81. The Hall–Kier alpha value is -0.860. The molecule has 0 fully saturated rings. The van der Waals surface area contributed by atoms with Crippen LogP contribution in [0.3, 0.4) is 0 Å². The van der Waals surface area contributed by atoms with E-state index in [0.29, 0.717) is 5.82 Å². The Morgan fingerprint density at radius 3 is 2.88 bits per heavy atom. The van der Waals surface area contributed by atoms with Crippen LogP contribution in [0.25, 0.3) is 21.8 Å². The highest BCUT2D eigenvalue weighted by Crippen LogP contribution is 2.40. The van der Waals surface area contributed by atoms with Crippen molar-refractivity contribution in [3.8, 4) is 21.8 Å². The first-order chi connectivity index (χ1) is 8.25. The lowest BCUT2D eigenvalue weighted by Gasteiger charge is -1.96. The molecule has 0 unspecified atom stereocenters. The van der Waals surface area contributed by atoms with Gasteiger partial charge in [-0.3, -0.25) is 0 Å². The molecule has 3 heterocycles. The van der Waals surface area contributed by atoms with E-state index in [-0.39, 0.29) is 0 Å². The molecule has 0 aliphatic rings. The Morgan fingerprint density at radius 1 is 1.35 bits per heavy atom. The van der Waals surface area contributed by atoms with Crippen molar-refractivity contribution in [1.82, 2.24) is 5.16 Å². The van der Waals surface area contributed by atoms with Crippen molar-refractivity contribution in [3.63, 3.8) is 0 Å². The standard InChI is InChI=1S/C11H7IN2OS2/c12-8-4-6(5-17-8)10-9(11(13)14-15-10)7-2-1-3-16-7/h1-5H,(H2,13,14). The summed E-state index contributed by atoms with van der Waals surface area (Å²) in [7, 11) is 0. The Balaban J connectivity index is 2.19. The lowest BCUT2D eigenvalue weighted by atomic mass is 10.1. The van der Waals surface area contributed by atoms with E-state index in [2.05, 4.69) is 39.2 Å². The number of nitrogens with zero attached hydrogens (tertiary/aromatic N) is 1. The zero-order valence-electron chi connectivity index (χ0n) is 8.51. The highest BCUT2D eigenvalue weighted by atomic mass is 127. The first-order valence-corrected chi connectivity index (χ1v) is 7.63. The third kappa shape index (κ3) is 2.00. The van der Waals surface area contributed by atoms with Crippen LogP contribution in [-0.2, 0) is 0 Å². The van der Waals surface area contributed by atoms with Crippen LogP contribution in [0.5, 0.6) is 0 Å². The summed E-state index contributed by atoms with van der Waals surface area (Å²) in [4.78, 5) is 1.08. The summed E-state index contributed by atoms with van der Waals surface area (Å²) in [6, 6.07) is 6.09. The average Bonchev–Trinajstić information content (AvgIpc) is 2.97. The minimum Gasteiger partial charge on any atom is -0.380 e. The molecular weight excluding hydrogens is 367 g/mol. The van der Waals surface area contributed by atoms with E-state index >= 15 is 0 Å². The van der Waals surface area contributed by atoms with Crippen LogP contribution in [0.1, 0.15) is 0 Å². The fraction of sp³-hybridized carbons (Fsp3) is 0. The van der Waals surface area contributed by atoms with Gasteiger partial charge >= 0.3 is 0 Å². The van der Waals surface area contributed by atoms with Gasteiger partial charge in [-0.2, -0.15) is 0 Å². The van der Waals surface area contributed by atoms with Crippen LogP contribution in [0.15, 0.2) is 33.5 Å². The monoisotopic (exact) mass is 374 g/mol. The van der Waals surface area contributed by atoms with E-state index < -0.39 is 0 Å². The van der Waals surface area contributed by atoms with E-state index in [9.17, 15) is 0 Å². The molecule has 0 amide bonds. The number of hydrogen-bond donors (Lipinski definition) is 1. The largest absolute Gasteiger partial charge is 0.380 e. The Kier molecular flexibility index (Phi) is 2.93. The third-order valence-corrected chi connectivity index (χ3v) is 4.99. The van der Waals surface area contributed by atoms with E-state index in [0.717, 1.165) is 21.8 Å². The van der Waals surface area contributed by atoms with Crippen LogP contribution in [0.2, 0.25) is 0 Å². The zero-order valence-corrected chi connectivity index (χ0v) is 12.3. The Bertz CT molecular complexity index is 642. The molecule has 86 valence electrons. The van der Waals surface area contributed by atoms with Gasteiger partial charge in [0, 0.05) is 15.8 Å². The lowest BCUT2D eigenvalue weighted by molar-refractivity contribution is 0.436. The van der Waals surface area contributed by atoms with Crippen LogP contribution < -0.4 is 5.73 Å². The molecule has 3 rings (SSSR count). The van der Waals surface area contributed by atoms with Gasteiger partial charge in [-0.05, 0) is 40.1 Å². The molecular formula is C11H7IN2OS2. The van der Waals surface area contributed by atoms with Crippen LogP contribution in [0, 0.1) is 2.88 Å². The molecule has 0 saturated heterocycles. The summed E-state index contributed by atoms with van der Waals surface area (Å²) >= 11 is 5.60. The molecule has 0 radical (unpaired) electrons. The highest BCUT2D eigenvalue weighted by molar-refractivity contribution is 14.1. The smallest absolute Gasteiger partial charge is 0.178 e. The molecule has 0 saturated carbocycles. The van der Waals surface area contributed by atoms with Gasteiger partial charge in [0.05, 0.1) is 8.45 Å². The number of hydrogen-bond acceptors (Lipinski definition) is 5. The van der Waals surface area contributed by atoms with Crippen molar-refractivity contribution in [3.05, 3.63) is 31.8 Å². The Morgan fingerprint density at radius 2 is 2.24 bits per heavy atom. The first kappa shape index (κ1) is 11.2. The molecule has 0 aliphatic carbocycles. The van der Waals surface area contributed by atoms with Crippen molar-refractivity contribution < 1.29 is 4.52 Å². The lowest BCUT2D eigenvalue weighted by Crippen LogP contribution is -1.86. The molecule has 0 aliphatic heterocycles. The fourth-order valence-corrected chi connectivity index (χ4v) is 3.69. The van der Waals surface area contributed by atoms with Gasteiger partial charge in [0.15, 0.2) is 11.6 Å². The molecule has 2 N–H and O–H groups in total. The van der Waals surface area contributed by atoms with E-state index in [1.165, 1.54) is 2.88 Å². The molecule has 17 heavy (non-hydrogen) atoms. The molecule has 3 nitrogen and oxygen atoms in total. The number of thiophene rings is 2. The number of nitrogen functional groups attached to an aromatic ring is 1. The van der Waals surface area contributed by atoms with Crippen LogP contribution >= 0.6 is 45.3 Å². The molecule has 3 aromatic rings. The van der Waals surface area contributed by atoms with Crippen LogP contribution in [0.4, 0.5) is 5.82 Å².